The Morgan fingerprint density at radius 1 is 0.833 bits per heavy atom. The predicted molar refractivity (Wildman–Crippen MR) is 73.1 cm³/mol. The highest BCUT2D eigenvalue weighted by atomic mass is 16.5. The van der Waals surface area contributed by atoms with Crippen LogP contribution in [0, 0.1) is 24.7 Å². The van der Waals surface area contributed by atoms with E-state index >= 15 is 0 Å². The molecule has 0 spiro atoms. The van der Waals surface area contributed by atoms with Gasteiger partial charge >= 0.3 is 0 Å². The summed E-state index contributed by atoms with van der Waals surface area (Å²) in [6.07, 6.45) is 10.9. The Hall–Kier alpha value is -2.64. The molecular formula is C17H12O. The number of benzene rings is 2. The minimum absolute atomic E-state index is 0.453. The molecule has 18 heavy (non-hydrogen) atoms. The monoisotopic (exact) mass is 232 g/mol. The van der Waals surface area contributed by atoms with Crippen molar-refractivity contribution in [2.24, 2.45) is 0 Å². The quantitative estimate of drug-likeness (QED) is 0.738. The molecule has 0 saturated carbocycles. The van der Waals surface area contributed by atoms with E-state index in [0.717, 1.165) is 5.56 Å². The molecule has 0 radical (unpaired) electrons. The van der Waals surface area contributed by atoms with Gasteiger partial charge in [0.15, 0.2) is 5.75 Å². The summed E-state index contributed by atoms with van der Waals surface area (Å²) in [4.78, 5) is 0. The summed E-state index contributed by atoms with van der Waals surface area (Å²) in [5.74, 6) is 5.78. The molecule has 0 amide bonds. The van der Waals surface area contributed by atoms with Gasteiger partial charge in [0.05, 0.1) is 11.1 Å². The van der Waals surface area contributed by atoms with Crippen molar-refractivity contribution in [1.82, 2.24) is 0 Å². The van der Waals surface area contributed by atoms with Crippen LogP contribution in [0.5, 0.6) is 5.75 Å². The van der Waals surface area contributed by atoms with Gasteiger partial charge in [-0.3, -0.25) is 0 Å². The van der Waals surface area contributed by atoms with E-state index in [0.29, 0.717) is 23.5 Å². The fourth-order valence-electron chi connectivity index (χ4n) is 1.65. The molecule has 1 heteroatoms. The summed E-state index contributed by atoms with van der Waals surface area (Å²) in [6, 6.07) is 15.4. The average Bonchev–Trinajstić information content (AvgIpc) is 2.45. The zero-order valence-corrected chi connectivity index (χ0v) is 9.89. The molecule has 0 fully saturated rings. The van der Waals surface area contributed by atoms with Gasteiger partial charge in [-0.1, -0.05) is 48.2 Å². The number of terminal acetylenes is 2. The number of ether oxygens (including phenoxy) is 1. The Kier molecular flexibility index (Phi) is 3.69. The molecular weight excluding hydrogens is 220 g/mol. The highest BCUT2D eigenvalue weighted by molar-refractivity contribution is 5.55. The number of hydrogen-bond donors (Lipinski definition) is 0. The molecule has 0 atom stereocenters. The van der Waals surface area contributed by atoms with E-state index in [1.807, 2.05) is 48.5 Å². The van der Waals surface area contributed by atoms with Crippen LogP contribution in [-0.4, -0.2) is 0 Å². The number of rotatable bonds is 3. The molecule has 0 aliphatic carbocycles. The minimum Gasteiger partial charge on any atom is -0.486 e. The lowest BCUT2D eigenvalue weighted by Crippen LogP contribution is -1.99. The normalized spacial score (nSPS) is 9.22. The standard InChI is InChI=1S/C17H12O/c1-3-15-11-8-12-16(4-2)17(15)18-13-14-9-6-5-7-10-14/h1-2,5-12H,13H2. The first kappa shape index (κ1) is 11.8. The lowest BCUT2D eigenvalue weighted by Gasteiger charge is -2.10. The molecule has 2 aromatic carbocycles. The van der Waals surface area contributed by atoms with Crippen LogP contribution in [-0.2, 0) is 6.61 Å². The van der Waals surface area contributed by atoms with Crippen molar-refractivity contribution in [2.75, 3.05) is 0 Å². The molecule has 1 nitrogen and oxygen atoms in total. The fraction of sp³-hybridized carbons (Fsp3) is 0.0588. The predicted octanol–water partition coefficient (Wildman–Crippen LogP) is 3.23. The first-order valence-corrected chi connectivity index (χ1v) is 5.58. The summed E-state index contributed by atoms with van der Waals surface area (Å²) in [5.41, 5.74) is 2.44. The molecule has 86 valence electrons. The Morgan fingerprint density at radius 3 is 2.00 bits per heavy atom. The summed E-state index contributed by atoms with van der Waals surface area (Å²) >= 11 is 0. The van der Waals surface area contributed by atoms with Crippen molar-refractivity contribution < 1.29 is 4.74 Å². The second-order valence-electron chi connectivity index (χ2n) is 3.75. The van der Waals surface area contributed by atoms with Crippen molar-refractivity contribution in [3.05, 3.63) is 65.2 Å². The van der Waals surface area contributed by atoms with Crippen molar-refractivity contribution in [3.63, 3.8) is 0 Å². The van der Waals surface area contributed by atoms with E-state index in [9.17, 15) is 0 Å². The number of para-hydroxylation sites is 1. The molecule has 0 aliphatic heterocycles. The second kappa shape index (κ2) is 5.62. The molecule has 0 saturated heterocycles. The minimum atomic E-state index is 0.453. The van der Waals surface area contributed by atoms with Crippen LogP contribution in [0.15, 0.2) is 48.5 Å². The van der Waals surface area contributed by atoms with E-state index in [1.165, 1.54) is 0 Å². The van der Waals surface area contributed by atoms with Gasteiger partial charge in [-0.05, 0) is 17.7 Å². The SMILES string of the molecule is C#Cc1cccc(C#C)c1OCc1ccccc1. The summed E-state index contributed by atoms with van der Waals surface area (Å²) in [6.45, 7) is 0.453. The summed E-state index contributed by atoms with van der Waals surface area (Å²) < 4.78 is 5.75. The lowest BCUT2D eigenvalue weighted by atomic mass is 10.1. The van der Waals surface area contributed by atoms with Gasteiger partial charge in [0.25, 0.3) is 0 Å². The molecule has 0 unspecified atom stereocenters. The summed E-state index contributed by atoms with van der Waals surface area (Å²) in [5, 5.41) is 0. The first-order chi connectivity index (χ1) is 8.85. The zero-order chi connectivity index (χ0) is 12.8. The maximum atomic E-state index is 5.75. The molecule has 0 aromatic heterocycles. The Balaban J connectivity index is 2.25. The third kappa shape index (κ3) is 2.54. The molecule has 0 aliphatic rings. The van der Waals surface area contributed by atoms with Crippen molar-refractivity contribution in [3.8, 4) is 30.4 Å². The third-order valence-electron chi connectivity index (χ3n) is 2.55. The van der Waals surface area contributed by atoms with E-state index < -0.39 is 0 Å². The lowest BCUT2D eigenvalue weighted by molar-refractivity contribution is 0.304. The van der Waals surface area contributed by atoms with Gasteiger partial charge in [-0.25, -0.2) is 0 Å². The van der Waals surface area contributed by atoms with E-state index in [1.54, 1.807) is 0 Å². The molecule has 2 aromatic rings. The van der Waals surface area contributed by atoms with E-state index in [2.05, 4.69) is 11.8 Å². The van der Waals surface area contributed by atoms with E-state index in [-0.39, 0.29) is 0 Å². The van der Waals surface area contributed by atoms with Gasteiger partial charge < -0.3 is 4.74 Å². The highest BCUT2D eigenvalue weighted by Gasteiger charge is 2.06. The van der Waals surface area contributed by atoms with Crippen molar-refractivity contribution in [1.29, 1.82) is 0 Å². The highest BCUT2D eigenvalue weighted by Crippen LogP contribution is 2.23. The zero-order valence-electron chi connectivity index (χ0n) is 9.89. The van der Waals surface area contributed by atoms with E-state index in [4.69, 9.17) is 17.6 Å². The van der Waals surface area contributed by atoms with Crippen LogP contribution in [0.2, 0.25) is 0 Å². The smallest absolute Gasteiger partial charge is 0.151 e. The fourth-order valence-corrected chi connectivity index (χ4v) is 1.65. The Morgan fingerprint density at radius 2 is 1.44 bits per heavy atom. The van der Waals surface area contributed by atoms with Crippen LogP contribution in [0.1, 0.15) is 16.7 Å². The van der Waals surface area contributed by atoms with Gasteiger partial charge in [0, 0.05) is 0 Å². The summed E-state index contributed by atoms with van der Waals surface area (Å²) in [7, 11) is 0. The number of hydrogen-bond acceptors (Lipinski definition) is 1. The average molecular weight is 232 g/mol. The van der Waals surface area contributed by atoms with Gasteiger partial charge in [-0.15, -0.1) is 12.8 Å². The second-order valence-corrected chi connectivity index (χ2v) is 3.75. The van der Waals surface area contributed by atoms with Crippen LogP contribution < -0.4 is 4.74 Å². The third-order valence-corrected chi connectivity index (χ3v) is 2.55. The molecule has 0 bridgehead atoms. The van der Waals surface area contributed by atoms with Gasteiger partial charge in [0.2, 0.25) is 0 Å². The maximum absolute atomic E-state index is 5.75. The van der Waals surface area contributed by atoms with Crippen molar-refractivity contribution >= 4 is 0 Å². The van der Waals surface area contributed by atoms with Crippen LogP contribution in [0.4, 0.5) is 0 Å². The van der Waals surface area contributed by atoms with Gasteiger partial charge in [-0.2, -0.15) is 0 Å². The Labute approximate surface area is 107 Å². The van der Waals surface area contributed by atoms with Crippen LogP contribution in [0.3, 0.4) is 0 Å². The molecule has 2 rings (SSSR count). The van der Waals surface area contributed by atoms with Crippen molar-refractivity contribution in [2.45, 2.75) is 6.61 Å². The Bertz CT molecular complexity index is 580. The van der Waals surface area contributed by atoms with Crippen LogP contribution >= 0.6 is 0 Å². The first-order valence-electron chi connectivity index (χ1n) is 5.58. The van der Waals surface area contributed by atoms with Gasteiger partial charge in [0.1, 0.15) is 6.61 Å². The largest absolute Gasteiger partial charge is 0.486 e. The van der Waals surface area contributed by atoms with Crippen LogP contribution in [0.25, 0.3) is 0 Å². The molecule has 0 N–H and O–H groups in total. The molecule has 0 heterocycles. The topological polar surface area (TPSA) is 9.23 Å². The maximum Gasteiger partial charge on any atom is 0.151 e.